The van der Waals surface area contributed by atoms with Gasteiger partial charge in [0.25, 0.3) is 0 Å². The Labute approximate surface area is 94.8 Å². The summed E-state index contributed by atoms with van der Waals surface area (Å²) >= 11 is 9.01. The number of benzene rings is 1. The van der Waals surface area contributed by atoms with Crippen molar-refractivity contribution in [1.29, 1.82) is 5.26 Å². The topological polar surface area (TPSA) is 52.9 Å². The molecule has 1 aromatic carbocycles. The summed E-state index contributed by atoms with van der Waals surface area (Å²) in [6.45, 7) is 0. The quantitative estimate of drug-likeness (QED) is 0.900. The molecule has 0 spiro atoms. The predicted molar refractivity (Wildman–Crippen MR) is 58.0 cm³/mol. The summed E-state index contributed by atoms with van der Waals surface area (Å²) in [6, 6.07) is 6.79. The number of nitriles is 1. The molecule has 3 nitrogen and oxygen atoms in total. The van der Waals surface area contributed by atoms with Crippen LogP contribution < -0.4 is 5.32 Å². The third-order valence-electron chi connectivity index (χ3n) is 1.39. The second kappa shape index (κ2) is 4.99. The van der Waals surface area contributed by atoms with E-state index in [0.29, 0.717) is 10.7 Å². The first-order chi connectivity index (χ1) is 6.61. The molecule has 1 N–H and O–H groups in total. The molecule has 72 valence electrons. The molecule has 0 fully saturated rings. The van der Waals surface area contributed by atoms with Crippen molar-refractivity contribution < 1.29 is 4.79 Å². The number of hydrogen-bond donors (Lipinski definition) is 1. The van der Waals surface area contributed by atoms with E-state index in [0.717, 1.165) is 4.47 Å². The van der Waals surface area contributed by atoms with Crippen LogP contribution in [-0.4, -0.2) is 5.91 Å². The van der Waals surface area contributed by atoms with Gasteiger partial charge in [0.05, 0.1) is 6.07 Å². The number of rotatable bonds is 2. The summed E-state index contributed by atoms with van der Waals surface area (Å²) in [7, 11) is 0. The minimum absolute atomic E-state index is 0.163. The molecule has 5 heteroatoms. The van der Waals surface area contributed by atoms with Gasteiger partial charge >= 0.3 is 0 Å². The number of nitrogens with one attached hydrogen (secondary N) is 1. The van der Waals surface area contributed by atoms with Crippen LogP contribution in [0.25, 0.3) is 0 Å². The van der Waals surface area contributed by atoms with Crippen LogP contribution in [0.5, 0.6) is 0 Å². The highest BCUT2D eigenvalue weighted by Gasteiger charge is 2.02. The number of nitrogens with zero attached hydrogens (tertiary/aromatic N) is 1. The smallest absolute Gasteiger partial charge is 0.238 e. The van der Waals surface area contributed by atoms with Gasteiger partial charge in [0, 0.05) is 15.2 Å². The number of carbonyl (C=O) groups excluding carboxylic acids is 1. The summed E-state index contributed by atoms with van der Waals surface area (Å²) in [4.78, 5) is 11.0. The lowest BCUT2D eigenvalue weighted by molar-refractivity contribution is -0.115. The van der Waals surface area contributed by atoms with Crippen LogP contribution in [0.3, 0.4) is 0 Å². The zero-order valence-corrected chi connectivity index (χ0v) is 9.39. The fourth-order valence-corrected chi connectivity index (χ4v) is 1.76. The van der Waals surface area contributed by atoms with Crippen molar-refractivity contribution in [3.05, 3.63) is 27.7 Å². The molecule has 0 saturated heterocycles. The molecule has 1 aromatic rings. The Balaban J connectivity index is 2.77. The molecule has 0 heterocycles. The highest BCUT2D eigenvalue weighted by molar-refractivity contribution is 9.10. The van der Waals surface area contributed by atoms with E-state index in [1.165, 1.54) is 0 Å². The monoisotopic (exact) mass is 272 g/mol. The Kier molecular flexibility index (Phi) is 3.93. The SMILES string of the molecule is N#CCC(=O)Nc1cc(Cl)cc(Br)c1. The van der Waals surface area contributed by atoms with Crippen LogP contribution in [0.2, 0.25) is 5.02 Å². The lowest BCUT2D eigenvalue weighted by atomic mass is 10.3. The van der Waals surface area contributed by atoms with E-state index in [-0.39, 0.29) is 12.3 Å². The van der Waals surface area contributed by atoms with Crippen LogP contribution in [0, 0.1) is 11.3 Å². The maximum atomic E-state index is 11.0. The summed E-state index contributed by atoms with van der Waals surface area (Å²) in [6.07, 6.45) is -0.163. The molecule has 0 unspecified atom stereocenters. The van der Waals surface area contributed by atoms with E-state index in [2.05, 4.69) is 21.2 Å². The highest BCUT2D eigenvalue weighted by Crippen LogP contribution is 2.22. The molecule has 0 bridgehead atoms. The zero-order chi connectivity index (χ0) is 10.6. The Morgan fingerprint density at radius 3 is 2.86 bits per heavy atom. The Hall–Kier alpha value is -1.05. The van der Waals surface area contributed by atoms with Gasteiger partial charge in [-0.3, -0.25) is 4.79 Å². The fraction of sp³-hybridized carbons (Fsp3) is 0.111. The highest BCUT2D eigenvalue weighted by atomic mass is 79.9. The maximum Gasteiger partial charge on any atom is 0.238 e. The average Bonchev–Trinajstić information content (AvgIpc) is 2.01. The summed E-state index contributed by atoms with van der Waals surface area (Å²) in [5, 5.41) is 11.3. The first-order valence-corrected chi connectivity index (χ1v) is 4.92. The van der Waals surface area contributed by atoms with Gasteiger partial charge in [-0.1, -0.05) is 27.5 Å². The summed E-state index contributed by atoms with van der Waals surface area (Å²) in [5.41, 5.74) is 0.574. The van der Waals surface area contributed by atoms with Crippen LogP contribution >= 0.6 is 27.5 Å². The van der Waals surface area contributed by atoms with Gasteiger partial charge in [0.15, 0.2) is 0 Å². The first-order valence-electron chi connectivity index (χ1n) is 3.74. The van der Waals surface area contributed by atoms with E-state index in [9.17, 15) is 4.79 Å². The van der Waals surface area contributed by atoms with Gasteiger partial charge in [-0.15, -0.1) is 0 Å². The van der Waals surface area contributed by atoms with E-state index >= 15 is 0 Å². The van der Waals surface area contributed by atoms with Crippen LogP contribution in [0.4, 0.5) is 5.69 Å². The molecule has 14 heavy (non-hydrogen) atoms. The van der Waals surface area contributed by atoms with Gasteiger partial charge in [0.2, 0.25) is 5.91 Å². The van der Waals surface area contributed by atoms with Crippen LogP contribution in [0.1, 0.15) is 6.42 Å². The van der Waals surface area contributed by atoms with Crippen molar-refractivity contribution in [2.45, 2.75) is 6.42 Å². The molecular weight excluding hydrogens is 267 g/mol. The molecule has 0 aliphatic rings. The zero-order valence-electron chi connectivity index (χ0n) is 7.05. The second-order valence-electron chi connectivity index (χ2n) is 2.54. The number of carbonyl (C=O) groups is 1. The van der Waals surface area contributed by atoms with Crippen molar-refractivity contribution in [1.82, 2.24) is 0 Å². The molecule has 0 aromatic heterocycles. The maximum absolute atomic E-state index is 11.0. The van der Waals surface area contributed by atoms with Gasteiger partial charge in [0.1, 0.15) is 6.42 Å². The van der Waals surface area contributed by atoms with Crippen molar-refractivity contribution >= 4 is 39.1 Å². The third kappa shape index (κ3) is 3.36. The van der Waals surface area contributed by atoms with Crippen molar-refractivity contribution in [2.75, 3.05) is 5.32 Å². The molecule has 1 amide bonds. The molecule has 0 aliphatic heterocycles. The standard InChI is InChI=1S/C9H6BrClN2O/c10-6-3-7(11)5-8(4-6)13-9(14)1-2-12/h3-5H,1H2,(H,13,14). The van der Waals surface area contributed by atoms with E-state index in [1.54, 1.807) is 24.3 Å². The number of hydrogen-bond acceptors (Lipinski definition) is 2. The Bertz CT molecular complexity index is 380. The molecule has 1 rings (SSSR count). The fourth-order valence-electron chi connectivity index (χ4n) is 0.903. The number of anilines is 1. The van der Waals surface area contributed by atoms with Crippen molar-refractivity contribution in [3.63, 3.8) is 0 Å². The van der Waals surface area contributed by atoms with Gasteiger partial charge in [-0.05, 0) is 18.2 Å². The lowest BCUT2D eigenvalue weighted by Gasteiger charge is -2.03. The Morgan fingerprint density at radius 2 is 2.29 bits per heavy atom. The molecule has 0 aliphatic carbocycles. The first kappa shape index (κ1) is 11.0. The summed E-state index contributed by atoms with van der Waals surface area (Å²) in [5.74, 6) is -0.346. The van der Waals surface area contributed by atoms with E-state index < -0.39 is 0 Å². The van der Waals surface area contributed by atoms with Crippen molar-refractivity contribution in [2.24, 2.45) is 0 Å². The molecule has 0 saturated carbocycles. The normalized spacial score (nSPS) is 9.21. The molecular formula is C9H6BrClN2O. The minimum Gasteiger partial charge on any atom is -0.325 e. The van der Waals surface area contributed by atoms with Gasteiger partial charge in [-0.25, -0.2) is 0 Å². The van der Waals surface area contributed by atoms with E-state index in [1.807, 2.05) is 0 Å². The van der Waals surface area contributed by atoms with Gasteiger partial charge < -0.3 is 5.32 Å². The van der Waals surface area contributed by atoms with Gasteiger partial charge in [-0.2, -0.15) is 5.26 Å². The van der Waals surface area contributed by atoms with Crippen molar-refractivity contribution in [3.8, 4) is 6.07 Å². The largest absolute Gasteiger partial charge is 0.325 e. The second-order valence-corrected chi connectivity index (χ2v) is 3.89. The number of halogens is 2. The molecule has 0 radical (unpaired) electrons. The molecule has 0 atom stereocenters. The lowest BCUT2D eigenvalue weighted by Crippen LogP contribution is -2.09. The third-order valence-corrected chi connectivity index (χ3v) is 2.06. The van der Waals surface area contributed by atoms with E-state index in [4.69, 9.17) is 16.9 Å². The predicted octanol–water partition coefficient (Wildman–Crippen LogP) is 2.95. The minimum atomic E-state index is -0.346. The average molecular weight is 274 g/mol. The number of amides is 1. The Morgan fingerprint density at radius 1 is 1.57 bits per heavy atom. The van der Waals surface area contributed by atoms with Crippen LogP contribution in [0.15, 0.2) is 22.7 Å². The summed E-state index contributed by atoms with van der Waals surface area (Å²) < 4.78 is 0.775. The van der Waals surface area contributed by atoms with Crippen LogP contribution in [-0.2, 0) is 4.79 Å².